The predicted molar refractivity (Wildman–Crippen MR) is 89.5 cm³/mol. The van der Waals surface area contributed by atoms with Crippen LogP contribution in [0.4, 0.5) is 0 Å². The standard InChI is InChI=1S/C19H29NO2/c1-15(21)12-18(2,3)14-20-17(22)19(10-7-11-19)13-16-8-5-4-6-9-16/h4-6,8-9,15,21H,7,10-14H2,1-3H3,(H,20,22). The largest absolute Gasteiger partial charge is 0.393 e. The zero-order chi connectivity index (χ0) is 16.2. The van der Waals surface area contributed by atoms with Crippen LogP contribution in [0.1, 0.15) is 52.0 Å². The summed E-state index contributed by atoms with van der Waals surface area (Å²) in [6.45, 7) is 6.59. The first-order chi connectivity index (χ1) is 10.3. The number of carbonyl (C=O) groups excluding carboxylic acids is 1. The molecule has 1 amide bonds. The molecule has 3 heteroatoms. The average Bonchev–Trinajstić information content (AvgIpc) is 2.40. The number of aliphatic hydroxyl groups is 1. The Morgan fingerprint density at radius 3 is 2.45 bits per heavy atom. The molecule has 22 heavy (non-hydrogen) atoms. The van der Waals surface area contributed by atoms with Gasteiger partial charge in [0.25, 0.3) is 0 Å². The number of nitrogens with one attached hydrogen (secondary N) is 1. The molecule has 1 saturated carbocycles. The van der Waals surface area contributed by atoms with Gasteiger partial charge in [0.1, 0.15) is 0 Å². The summed E-state index contributed by atoms with van der Waals surface area (Å²) in [5, 5.41) is 12.7. The monoisotopic (exact) mass is 303 g/mol. The van der Waals surface area contributed by atoms with E-state index in [1.54, 1.807) is 6.92 Å². The van der Waals surface area contributed by atoms with Crippen molar-refractivity contribution in [2.24, 2.45) is 10.8 Å². The normalized spacial score (nSPS) is 18.4. The van der Waals surface area contributed by atoms with Gasteiger partial charge in [-0.15, -0.1) is 0 Å². The molecule has 2 N–H and O–H groups in total. The lowest BCUT2D eigenvalue weighted by Crippen LogP contribution is -2.49. The number of carbonyl (C=O) groups is 1. The highest BCUT2D eigenvalue weighted by atomic mass is 16.3. The van der Waals surface area contributed by atoms with Gasteiger partial charge in [0.2, 0.25) is 5.91 Å². The predicted octanol–water partition coefficient (Wildman–Crippen LogP) is 3.31. The van der Waals surface area contributed by atoms with Crippen molar-refractivity contribution in [1.82, 2.24) is 5.32 Å². The summed E-state index contributed by atoms with van der Waals surface area (Å²) in [5.41, 5.74) is 0.935. The Bertz CT molecular complexity index is 489. The van der Waals surface area contributed by atoms with E-state index >= 15 is 0 Å². The minimum absolute atomic E-state index is 0.0818. The smallest absolute Gasteiger partial charge is 0.226 e. The Hall–Kier alpha value is -1.35. The van der Waals surface area contributed by atoms with Crippen molar-refractivity contribution in [3.05, 3.63) is 35.9 Å². The number of rotatable bonds is 7. The Labute approximate surface area is 134 Å². The average molecular weight is 303 g/mol. The third-order valence-electron chi connectivity index (χ3n) is 4.75. The molecule has 3 nitrogen and oxygen atoms in total. The zero-order valence-corrected chi connectivity index (χ0v) is 14.1. The van der Waals surface area contributed by atoms with Gasteiger partial charge in [-0.05, 0) is 43.6 Å². The maximum atomic E-state index is 12.7. The van der Waals surface area contributed by atoms with Crippen LogP contribution in [0.25, 0.3) is 0 Å². The van der Waals surface area contributed by atoms with Crippen LogP contribution < -0.4 is 5.32 Å². The van der Waals surface area contributed by atoms with Crippen LogP contribution in [-0.2, 0) is 11.2 Å². The first kappa shape index (κ1) is 17.0. The maximum absolute atomic E-state index is 12.7. The fourth-order valence-corrected chi connectivity index (χ4v) is 3.45. The van der Waals surface area contributed by atoms with Crippen molar-refractivity contribution in [1.29, 1.82) is 0 Å². The van der Waals surface area contributed by atoms with E-state index in [1.807, 2.05) is 18.2 Å². The molecular formula is C19H29NO2. The third kappa shape index (κ3) is 4.33. The lowest BCUT2D eigenvalue weighted by molar-refractivity contribution is -0.136. The van der Waals surface area contributed by atoms with Crippen LogP contribution in [0, 0.1) is 10.8 Å². The molecule has 0 radical (unpaired) electrons. The second kappa shape index (κ2) is 6.82. The molecule has 0 bridgehead atoms. The van der Waals surface area contributed by atoms with Gasteiger partial charge in [-0.1, -0.05) is 50.6 Å². The second-order valence-corrected chi connectivity index (χ2v) is 7.70. The van der Waals surface area contributed by atoms with Crippen LogP contribution in [0.2, 0.25) is 0 Å². The van der Waals surface area contributed by atoms with Gasteiger partial charge >= 0.3 is 0 Å². The van der Waals surface area contributed by atoms with Crippen molar-refractivity contribution in [3.8, 4) is 0 Å². The molecule has 2 rings (SSSR count). The molecule has 1 unspecified atom stereocenters. The van der Waals surface area contributed by atoms with Gasteiger partial charge in [0.15, 0.2) is 0 Å². The van der Waals surface area contributed by atoms with Gasteiger partial charge in [0.05, 0.1) is 11.5 Å². The highest BCUT2D eigenvalue weighted by Gasteiger charge is 2.44. The lowest BCUT2D eigenvalue weighted by Gasteiger charge is -2.41. The molecule has 0 spiro atoms. The quantitative estimate of drug-likeness (QED) is 0.812. The first-order valence-electron chi connectivity index (χ1n) is 8.33. The van der Waals surface area contributed by atoms with Crippen LogP contribution in [0.3, 0.4) is 0 Å². The first-order valence-corrected chi connectivity index (χ1v) is 8.33. The Morgan fingerprint density at radius 2 is 1.95 bits per heavy atom. The summed E-state index contributed by atoms with van der Waals surface area (Å²) in [5.74, 6) is 0.182. The summed E-state index contributed by atoms with van der Waals surface area (Å²) in [6, 6.07) is 10.3. The van der Waals surface area contributed by atoms with Gasteiger partial charge in [-0.3, -0.25) is 4.79 Å². The number of hydrogen-bond donors (Lipinski definition) is 2. The van der Waals surface area contributed by atoms with Crippen molar-refractivity contribution >= 4 is 5.91 Å². The van der Waals surface area contributed by atoms with E-state index in [0.29, 0.717) is 13.0 Å². The molecule has 1 aromatic rings. The Morgan fingerprint density at radius 1 is 1.32 bits per heavy atom. The SMILES string of the molecule is CC(O)CC(C)(C)CNC(=O)C1(Cc2ccccc2)CCC1. The summed E-state index contributed by atoms with van der Waals surface area (Å²) < 4.78 is 0. The maximum Gasteiger partial charge on any atom is 0.226 e. The minimum Gasteiger partial charge on any atom is -0.393 e. The molecule has 1 aliphatic rings. The highest BCUT2D eigenvalue weighted by Crippen LogP contribution is 2.44. The molecule has 1 aromatic carbocycles. The van der Waals surface area contributed by atoms with Crippen LogP contribution in [0.15, 0.2) is 30.3 Å². The number of benzene rings is 1. The third-order valence-corrected chi connectivity index (χ3v) is 4.75. The number of aliphatic hydroxyl groups excluding tert-OH is 1. The second-order valence-electron chi connectivity index (χ2n) is 7.70. The van der Waals surface area contributed by atoms with Crippen molar-refractivity contribution in [3.63, 3.8) is 0 Å². The highest BCUT2D eigenvalue weighted by molar-refractivity contribution is 5.83. The molecule has 0 aliphatic heterocycles. The molecule has 0 aromatic heterocycles. The lowest BCUT2D eigenvalue weighted by atomic mass is 9.64. The van der Waals surface area contributed by atoms with E-state index < -0.39 is 0 Å². The van der Waals surface area contributed by atoms with E-state index in [2.05, 4.69) is 31.3 Å². The van der Waals surface area contributed by atoms with Gasteiger partial charge in [-0.2, -0.15) is 0 Å². The fourth-order valence-electron chi connectivity index (χ4n) is 3.45. The molecule has 0 heterocycles. The van der Waals surface area contributed by atoms with Gasteiger partial charge in [-0.25, -0.2) is 0 Å². The summed E-state index contributed by atoms with van der Waals surface area (Å²) >= 11 is 0. The molecule has 1 fully saturated rings. The molecule has 1 atom stereocenters. The van der Waals surface area contributed by atoms with E-state index in [9.17, 15) is 9.90 Å². The number of amides is 1. The van der Waals surface area contributed by atoms with Gasteiger partial charge < -0.3 is 10.4 Å². The van der Waals surface area contributed by atoms with Crippen LogP contribution >= 0.6 is 0 Å². The molecule has 0 saturated heterocycles. The minimum atomic E-state index is -0.339. The van der Waals surface area contributed by atoms with E-state index in [4.69, 9.17) is 0 Å². The van der Waals surface area contributed by atoms with Gasteiger partial charge in [0, 0.05) is 6.54 Å². The van der Waals surface area contributed by atoms with Crippen LogP contribution in [0.5, 0.6) is 0 Å². The topological polar surface area (TPSA) is 49.3 Å². The van der Waals surface area contributed by atoms with E-state index in [1.165, 1.54) is 5.56 Å². The Balaban J connectivity index is 1.95. The van der Waals surface area contributed by atoms with E-state index in [0.717, 1.165) is 25.7 Å². The van der Waals surface area contributed by atoms with Crippen molar-refractivity contribution < 1.29 is 9.90 Å². The summed E-state index contributed by atoms with van der Waals surface area (Å²) in [6.07, 6.45) is 4.27. The molecular weight excluding hydrogens is 274 g/mol. The molecule has 1 aliphatic carbocycles. The Kier molecular flexibility index (Phi) is 5.28. The zero-order valence-electron chi connectivity index (χ0n) is 14.1. The van der Waals surface area contributed by atoms with Crippen molar-refractivity contribution in [2.45, 2.75) is 59.0 Å². The summed E-state index contributed by atoms with van der Waals surface area (Å²) in [4.78, 5) is 12.7. The molecule has 122 valence electrons. The number of hydrogen-bond acceptors (Lipinski definition) is 2. The van der Waals surface area contributed by atoms with Crippen LogP contribution in [-0.4, -0.2) is 23.7 Å². The fraction of sp³-hybridized carbons (Fsp3) is 0.632. The summed E-state index contributed by atoms with van der Waals surface area (Å²) in [7, 11) is 0. The van der Waals surface area contributed by atoms with E-state index in [-0.39, 0.29) is 22.8 Å². The van der Waals surface area contributed by atoms with Crippen molar-refractivity contribution in [2.75, 3.05) is 6.54 Å².